The Labute approximate surface area is 89.7 Å². The van der Waals surface area contributed by atoms with Crippen molar-refractivity contribution in [3.8, 4) is 0 Å². The monoisotopic (exact) mass is 228 g/mol. The summed E-state index contributed by atoms with van der Waals surface area (Å²) in [6.07, 6.45) is 3.87. The molecule has 0 aromatic rings. The second-order valence-electron chi connectivity index (χ2n) is 2.77. The first-order chi connectivity index (χ1) is 6.74. The van der Waals surface area contributed by atoms with Crippen molar-refractivity contribution < 1.29 is 10.0 Å². The van der Waals surface area contributed by atoms with E-state index in [1.54, 1.807) is 22.9 Å². The highest BCUT2D eigenvalue weighted by atomic mass is 32.2. The maximum absolute atomic E-state index is 11.0. The molecule has 1 amide bonds. The Kier molecular flexibility index (Phi) is 2.56. The Morgan fingerprint density at radius 2 is 2.71 bits per heavy atom. The van der Waals surface area contributed by atoms with E-state index in [9.17, 15) is 4.79 Å². The minimum absolute atomic E-state index is 0.152. The van der Waals surface area contributed by atoms with E-state index in [1.165, 1.54) is 17.8 Å². The van der Waals surface area contributed by atoms with Gasteiger partial charge in [-0.3, -0.25) is 4.79 Å². The number of thioether (sulfide) groups is 2. The number of carbonyl (C=O) groups is 1. The van der Waals surface area contributed by atoms with Crippen molar-refractivity contribution in [3.63, 3.8) is 0 Å². The van der Waals surface area contributed by atoms with Crippen molar-refractivity contribution >= 4 is 34.5 Å². The average molecular weight is 228 g/mol. The Morgan fingerprint density at radius 1 is 1.93 bits per heavy atom. The maximum atomic E-state index is 11.0. The number of hydrogen-bond acceptors (Lipinski definition) is 5. The topological polar surface area (TPSA) is 52.9 Å². The standard InChI is InChI=1S/C8H8N2O2S2/c1-2-5(9-12)13-8-4-10-6(11)3-7(10)14-8/h2,4,7,12H,1,3H2/t7-/m1/s1. The van der Waals surface area contributed by atoms with E-state index >= 15 is 0 Å². The van der Waals surface area contributed by atoms with Gasteiger partial charge in [0.2, 0.25) is 5.91 Å². The zero-order valence-electron chi connectivity index (χ0n) is 7.21. The molecule has 0 radical (unpaired) electrons. The van der Waals surface area contributed by atoms with E-state index in [2.05, 4.69) is 11.7 Å². The van der Waals surface area contributed by atoms with Gasteiger partial charge < -0.3 is 10.1 Å². The minimum atomic E-state index is 0.152. The van der Waals surface area contributed by atoms with Crippen molar-refractivity contribution in [2.75, 3.05) is 0 Å². The van der Waals surface area contributed by atoms with Crippen LogP contribution in [0, 0.1) is 0 Å². The van der Waals surface area contributed by atoms with Crippen molar-refractivity contribution in [1.29, 1.82) is 0 Å². The zero-order chi connectivity index (χ0) is 10.1. The Bertz CT molecular complexity index is 351. The van der Waals surface area contributed by atoms with E-state index in [1.807, 2.05) is 0 Å². The molecular formula is C8H8N2O2S2. The summed E-state index contributed by atoms with van der Waals surface area (Å²) in [4.78, 5) is 12.7. The highest BCUT2D eigenvalue weighted by molar-refractivity contribution is 8.30. The number of carbonyl (C=O) groups excluding carboxylic acids is 1. The van der Waals surface area contributed by atoms with E-state index in [0.29, 0.717) is 11.5 Å². The van der Waals surface area contributed by atoms with Crippen molar-refractivity contribution in [1.82, 2.24) is 4.90 Å². The van der Waals surface area contributed by atoms with Crippen LogP contribution in [0.3, 0.4) is 0 Å². The molecular weight excluding hydrogens is 220 g/mol. The first-order valence-electron chi connectivity index (χ1n) is 3.96. The Hall–Kier alpha value is -0.880. The van der Waals surface area contributed by atoms with Crippen LogP contribution < -0.4 is 0 Å². The molecule has 6 heteroatoms. The van der Waals surface area contributed by atoms with Gasteiger partial charge in [-0.2, -0.15) is 0 Å². The lowest BCUT2D eigenvalue weighted by molar-refractivity contribution is -0.137. The predicted octanol–water partition coefficient (Wildman–Crippen LogP) is 1.80. The van der Waals surface area contributed by atoms with Crippen LogP contribution in [0.25, 0.3) is 0 Å². The van der Waals surface area contributed by atoms with Gasteiger partial charge in [-0.15, -0.1) is 0 Å². The van der Waals surface area contributed by atoms with Crippen LogP contribution in [-0.2, 0) is 4.79 Å². The Balaban J connectivity index is 2.01. The first kappa shape index (κ1) is 9.67. The van der Waals surface area contributed by atoms with Crippen LogP contribution in [0.4, 0.5) is 0 Å². The van der Waals surface area contributed by atoms with Gasteiger partial charge in [-0.1, -0.05) is 35.3 Å². The third-order valence-corrected chi connectivity index (χ3v) is 4.23. The fourth-order valence-electron chi connectivity index (χ4n) is 1.19. The molecule has 2 aliphatic heterocycles. The van der Waals surface area contributed by atoms with E-state index in [0.717, 1.165) is 4.24 Å². The second kappa shape index (κ2) is 3.70. The maximum Gasteiger partial charge on any atom is 0.230 e. The third-order valence-electron chi connectivity index (χ3n) is 1.92. The smallest absolute Gasteiger partial charge is 0.230 e. The fourth-order valence-corrected chi connectivity index (χ4v) is 3.43. The molecule has 0 aromatic carbocycles. The molecule has 2 rings (SSSR count). The van der Waals surface area contributed by atoms with Crippen LogP contribution in [0.1, 0.15) is 6.42 Å². The van der Waals surface area contributed by atoms with Crippen molar-refractivity contribution in [2.45, 2.75) is 11.8 Å². The van der Waals surface area contributed by atoms with Gasteiger partial charge in [0.15, 0.2) is 0 Å². The molecule has 1 N–H and O–H groups in total. The number of fused-ring (bicyclic) bond motifs is 1. The molecule has 1 saturated heterocycles. The number of amides is 1. The summed E-state index contributed by atoms with van der Waals surface area (Å²) in [7, 11) is 0. The number of β-lactam (4-membered cyclic amide) rings is 1. The van der Waals surface area contributed by atoms with E-state index in [-0.39, 0.29) is 11.3 Å². The summed E-state index contributed by atoms with van der Waals surface area (Å²) >= 11 is 2.93. The van der Waals surface area contributed by atoms with Crippen LogP contribution in [0.5, 0.6) is 0 Å². The van der Waals surface area contributed by atoms with Gasteiger partial charge in [-0.25, -0.2) is 0 Å². The largest absolute Gasteiger partial charge is 0.410 e. The highest BCUT2D eigenvalue weighted by Gasteiger charge is 2.40. The van der Waals surface area contributed by atoms with Crippen molar-refractivity contribution in [3.05, 3.63) is 23.1 Å². The average Bonchev–Trinajstić information content (AvgIpc) is 2.51. The quantitative estimate of drug-likeness (QED) is 0.257. The minimum Gasteiger partial charge on any atom is -0.410 e. The molecule has 2 aliphatic rings. The molecule has 0 bridgehead atoms. The number of nitrogens with zero attached hydrogens (tertiary/aromatic N) is 2. The Morgan fingerprint density at radius 3 is 3.21 bits per heavy atom. The van der Waals surface area contributed by atoms with Crippen LogP contribution in [0.15, 0.2) is 28.2 Å². The summed E-state index contributed by atoms with van der Waals surface area (Å²) in [5.74, 6) is 0.152. The lowest BCUT2D eigenvalue weighted by Gasteiger charge is -2.31. The summed E-state index contributed by atoms with van der Waals surface area (Å²) < 4.78 is 0.966. The summed E-state index contributed by atoms with van der Waals surface area (Å²) in [6, 6.07) is 0. The van der Waals surface area contributed by atoms with Crippen LogP contribution >= 0.6 is 23.5 Å². The molecule has 4 nitrogen and oxygen atoms in total. The fraction of sp³-hybridized carbons (Fsp3) is 0.250. The summed E-state index contributed by atoms with van der Waals surface area (Å²) in [5, 5.41) is 12.3. The van der Waals surface area contributed by atoms with Crippen molar-refractivity contribution in [2.24, 2.45) is 5.16 Å². The lowest BCUT2D eigenvalue weighted by atomic mass is 10.2. The van der Waals surface area contributed by atoms with Gasteiger partial charge in [-0.05, 0) is 6.08 Å². The second-order valence-corrected chi connectivity index (χ2v) is 5.31. The summed E-state index contributed by atoms with van der Waals surface area (Å²) in [6.45, 7) is 3.51. The van der Waals surface area contributed by atoms with Crippen LogP contribution in [-0.4, -0.2) is 26.4 Å². The molecule has 0 saturated carbocycles. The van der Waals surface area contributed by atoms with Gasteiger partial charge in [0.1, 0.15) is 5.04 Å². The first-order valence-corrected chi connectivity index (χ1v) is 5.66. The van der Waals surface area contributed by atoms with Gasteiger partial charge >= 0.3 is 0 Å². The lowest BCUT2D eigenvalue weighted by Crippen LogP contribution is -2.44. The SMILES string of the molecule is C=CC(=NO)SC1=CN2C(=O)C[C@H]2S1. The predicted molar refractivity (Wildman–Crippen MR) is 57.9 cm³/mol. The van der Waals surface area contributed by atoms with E-state index in [4.69, 9.17) is 5.21 Å². The molecule has 0 aliphatic carbocycles. The molecule has 14 heavy (non-hydrogen) atoms. The molecule has 0 unspecified atom stereocenters. The number of rotatable bonds is 2. The van der Waals surface area contributed by atoms with Gasteiger partial charge in [0.25, 0.3) is 0 Å². The van der Waals surface area contributed by atoms with Gasteiger partial charge in [0.05, 0.1) is 16.0 Å². The molecule has 1 atom stereocenters. The third kappa shape index (κ3) is 1.55. The van der Waals surface area contributed by atoms with Crippen LogP contribution in [0.2, 0.25) is 0 Å². The van der Waals surface area contributed by atoms with E-state index < -0.39 is 0 Å². The van der Waals surface area contributed by atoms with Gasteiger partial charge in [0, 0.05) is 6.20 Å². The number of oxime groups is 1. The molecule has 74 valence electrons. The normalized spacial score (nSPS) is 25.6. The number of hydrogen-bond donors (Lipinski definition) is 1. The summed E-state index contributed by atoms with van der Waals surface area (Å²) in [5.41, 5.74) is 0. The zero-order valence-corrected chi connectivity index (χ0v) is 8.85. The molecule has 1 fully saturated rings. The molecule has 0 spiro atoms. The molecule has 2 heterocycles. The highest BCUT2D eigenvalue weighted by Crippen LogP contribution is 2.46. The molecule has 0 aromatic heterocycles.